The smallest absolute Gasteiger partial charge is 0.234 e. The monoisotopic (exact) mass is 594 g/mol. The topological polar surface area (TPSA) is 108 Å². The second-order valence-electron chi connectivity index (χ2n) is 9.20. The molecule has 0 aliphatic carbocycles. The maximum atomic E-state index is 15.5. The number of anilines is 2. The zero-order valence-corrected chi connectivity index (χ0v) is 23.5. The highest BCUT2D eigenvalue weighted by molar-refractivity contribution is 8.00. The van der Waals surface area contributed by atoms with Gasteiger partial charge in [0.05, 0.1) is 16.8 Å². The Hall–Kier alpha value is -4.22. The van der Waals surface area contributed by atoms with Crippen molar-refractivity contribution in [3.63, 3.8) is 0 Å². The van der Waals surface area contributed by atoms with E-state index in [0.29, 0.717) is 16.3 Å². The van der Waals surface area contributed by atoms with Crippen molar-refractivity contribution in [2.45, 2.75) is 26.3 Å². The van der Waals surface area contributed by atoms with Crippen molar-refractivity contribution in [2.75, 3.05) is 16.2 Å². The van der Waals surface area contributed by atoms with Crippen LogP contribution in [0.1, 0.15) is 40.5 Å². The summed E-state index contributed by atoms with van der Waals surface area (Å²) in [6.07, 6.45) is 6.87. The van der Waals surface area contributed by atoms with Crippen LogP contribution in [0.4, 0.5) is 20.4 Å². The van der Waals surface area contributed by atoms with Crippen LogP contribution in [-0.4, -0.2) is 36.5 Å². The van der Waals surface area contributed by atoms with Crippen LogP contribution in [0.3, 0.4) is 0 Å². The fourth-order valence-corrected chi connectivity index (χ4v) is 5.10. The maximum absolute atomic E-state index is 15.5. The fourth-order valence-electron chi connectivity index (χ4n) is 4.35. The molecule has 5 rings (SSSR count). The molecule has 3 aromatic heterocycles. The van der Waals surface area contributed by atoms with Gasteiger partial charge in [-0.2, -0.15) is 0 Å². The molecule has 210 valence electrons. The van der Waals surface area contributed by atoms with E-state index in [-0.39, 0.29) is 47.1 Å². The van der Waals surface area contributed by atoms with Gasteiger partial charge in [-0.1, -0.05) is 42.6 Å². The van der Waals surface area contributed by atoms with Gasteiger partial charge >= 0.3 is 0 Å². The van der Waals surface area contributed by atoms with Crippen LogP contribution >= 0.6 is 23.5 Å². The Bertz CT molecular complexity index is 1750. The van der Waals surface area contributed by atoms with Crippen LogP contribution < -0.4 is 10.5 Å². The first-order valence-corrected chi connectivity index (χ1v) is 14.1. The first-order chi connectivity index (χ1) is 19.8. The average molecular weight is 595 g/mol. The van der Waals surface area contributed by atoms with Gasteiger partial charge in [0.2, 0.25) is 11.7 Å². The number of hydrogen-bond acceptors (Lipinski definition) is 7. The maximum Gasteiger partial charge on any atom is 0.234 e. The molecule has 12 heteroatoms. The van der Waals surface area contributed by atoms with Gasteiger partial charge in [0.25, 0.3) is 0 Å². The summed E-state index contributed by atoms with van der Waals surface area (Å²) in [5.74, 6) is -2.37. The molecule has 0 saturated heterocycles. The highest BCUT2D eigenvalue weighted by atomic mass is 35.5. The molecule has 2 aromatic carbocycles. The van der Waals surface area contributed by atoms with Gasteiger partial charge in [0.1, 0.15) is 11.5 Å². The van der Waals surface area contributed by atoms with Gasteiger partial charge in [-0.25, -0.2) is 18.7 Å². The number of nitrogens with one attached hydrogen (secondary N) is 1. The van der Waals surface area contributed by atoms with Crippen molar-refractivity contribution in [2.24, 2.45) is 0 Å². The van der Waals surface area contributed by atoms with E-state index in [1.54, 1.807) is 47.3 Å². The minimum atomic E-state index is -1.01. The lowest BCUT2D eigenvalue weighted by Crippen LogP contribution is -2.14. The Morgan fingerprint density at radius 1 is 1.10 bits per heavy atom. The molecule has 0 aliphatic heterocycles. The first-order valence-electron chi connectivity index (χ1n) is 12.8. The minimum Gasteiger partial charge on any atom is -0.369 e. The molecule has 3 heterocycles. The molecule has 0 bridgehead atoms. The number of carbonyl (C=O) groups excluding carboxylic acids is 2. The Labute approximate surface area is 243 Å². The number of rotatable bonds is 10. The predicted octanol–water partition coefficient (Wildman–Crippen LogP) is 6.85. The van der Waals surface area contributed by atoms with Gasteiger partial charge in [0.15, 0.2) is 11.8 Å². The van der Waals surface area contributed by atoms with Crippen LogP contribution in [0.2, 0.25) is 5.02 Å². The first kappa shape index (κ1) is 28.3. The third-order valence-electron chi connectivity index (χ3n) is 6.45. The molecule has 41 heavy (non-hydrogen) atoms. The molecule has 0 unspecified atom stereocenters. The summed E-state index contributed by atoms with van der Waals surface area (Å²) in [5.41, 5.74) is 6.60. The van der Waals surface area contributed by atoms with E-state index in [2.05, 4.69) is 14.7 Å². The van der Waals surface area contributed by atoms with Crippen LogP contribution in [0, 0.1) is 11.6 Å². The van der Waals surface area contributed by atoms with Gasteiger partial charge in [0, 0.05) is 59.5 Å². The van der Waals surface area contributed by atoms with Gasteiger partial charge in [-0.3, -0.25) is 14.2 Å². The standard InChI is InChI=1S/C29H25ClF2N6O2S/c1-2-13-41-36-23-8-7-22(31)25(26(23)32)27(40)21-16-38(24(39)9-11-37-12-10-34-29(37)33)28-20(21)14-18(15-35-28)17-3-5-19(30)6-4-17/h3-8,10,12,14-16,36H,2,9,11,13H2,1H3,(H2,33,34). The highest BCUT2D eigenvalue weighted by Crippen LogP contribution is 2.32. The quantitative estimate of drug-likeness (QED) is 0.103. The molecule has 0 spiro atoms. The number of nitrogens with two attached hydrogens (primary N) is 1. The van der Waals surface area contributed by atoms with E-state index in [1.807, 2.05) is 6.92 Å². The molecule has 5 aromatic rings. The zero-order chi connectivity index (χ0) is 29.1. The lowest BCUT2D eigenvalue weighted by atomic mass is 10.00. The Balaban J connectivity index is 1.60. The van der Waals surface area contributed by atoms with Crippen molar-refractivity contribution in [3.05, 3.63) is 95.0 Å². The number of aromatic nitrogens is 4. The number of benzene rings is 2. The highest BCUT2D eigenvalue weighted by Gasteiger charge is 2.27. The summed E-state index contributed by atoms with van der Waals surface area (Å²) in [6, 6.07) is 11.0. The molecule has 8 nitrogen and oxygen atoms in total. The van der Waals surface area contributed by atoms with Crippen LogP contribution in [0.15, 0.2) is 67.3 Å². The second kappa shape index (κ2) is 12.1. The van der Waals surface area contributed by atoms with E-state index in [0.717, 1.165) is 18.1 Å². The van der Waals surface area contributed by atoms with Crippen molar-refractivity contribution in [1.29, 1.82) is 0 Å². The molecule has 0 amide bonds. The number of fused-ring (bicyclic) bond motifs is 1. The minimum absolute atomic E-state index is 0.00841. The van der Waals surface area contributed by atoms with Gasteiger partial charge in [-0.05, 0) is 42.3 Å². The third-order valence-corrected chi connectivity index (χ3v) is 7.68. The van der Waals surface area contributed by atoms with E-state index < -0.39 is 23.0 Å². The largest absolute Gasteiger partial charge is 0.369 e. The molecular weight excluding hydrogens is 570 g/mol. The number of nitrogens with zero attached hydrogens (tertiary/aromatic N) is 4. The summed E-state index contributed by atoms with van der Waals surface area (Å²) < 4.78 is 36.2. The van der Waals surface area contributed by atoms with Crippen molar-refractivity contribution < 1.29 is 18.4 Å². The van der Waals surface area contributed by atoms with Crippen LogP contribution in [0.25, 0.3) is 22.2 Å². The number of halogens is 3. The van der Waals surface area contributed by atoms with Gasteiger partial charge in [-0.15, -0.1) is 0 Å². The number of pyridine rings is 1. The molecule has 0 radical (unpaired) electrons. The summed E-state index contributed by atoms with van der Waals surface area (Å²) >= 11 is 7.29. The summed E-state index contributed by atoms with van der Waals surface area (Å²) in [6.45, 7) is 2.21. The summed E-state index contributed by atoms with van der Waals surface area (Å²) in [5, 5.41) is 0.820. The summed E-state index contributed by atoms with van der Waals surface area (Å²) in [7, 11) is 0. The fraction of sp³-hybridized carbons (Fsp3) is 0.172. The number of nitrogen functional groups attached to an aromatic ring is 1. The van der Waals surface area contributed by atoms with Crippen molar-refractivity contribution >= 4 is 57.9 Å². The normalized spacial score (nSPS) is 11.2. The lowest BCUT2D eigenvalue weighted by Gasteiger charge is -2.10. The SMILES string of the molecule is CCCSNc1ccc(F)c(C(=O)c2cn(C(=O)CCn3ccnc3N)c3ncc(-c4ccc(Cl)cc4)cc23)c1F. The average Bonchev–Trinajstić information content (AvgIpc) is 3.56. The molecule has 0 aliphatic rings. The number of imidazole rings is 1. The van der Waals surface area contributed by atoms with Crippen molar-refractivity contribution in [1.82, 2.24) is 19.1 Å². The zero-order valence-electron chi connectivity index (χ0n) is 21.9. The Kier molecular flexibility index (Phi) is 8.36. The van der Waals surface area contributed by atoms with Crippen LogP contribution in [-0.2, 0) is 6.54 Å². The van der Waals surface area contributed by atoms with E-state index in [1.165, 1.54) is 35.0 Å². The third kappa shape index (κ3) is 5.82. The van der Waals surface area contributed by atoms with E-state index >= 15 is 8.78 Å². The Morgan fingerprint density at radius 3 is 2.59 bits per heavy atom. The lowest BCUT2D eigenvalue weighted by molar-refractivity contribution is 0.0902. The van der Waals surface area contributed by atoms with Gasteiger partial charge < -0.3 is 15.0 Å². The molecular formula is C29H25ClF2N6O2S. The number of hydrogen-bond donors (Lipinski definition) is 2. The van der Waals surface area contributed by atoms with Crippen LogP contribution in [0.5, 0.6) is 0 Å². The molecule has 0 fully saturated rings. The number of carbonyl (C=O) groups is 2. The number of aryl methyl sites for hydroxylation is 1. The molecule has 0 saturated carbocycles. The predicted molar refractivity (Wildman–Crippen MR) is 158 cm³/mol. The molecule has 3 N–H and O–H groups in total. The van der Waals surface area contributed by atoms with E-state index in [9.17, 15) is 9.59 Å². The van der Waals surface area contributed by atoms with E-state index in [4.69, 9.17) is 17.3 Å². The van der Waals surface area contributed by atoms with Crippen molar-refractivity contribution in [3.8, 4) is 11.1 Å². The second-order valence-corrected chi connectivity index (χ2v) is 10.5. The number of ketones is 1. The molecule has 0 atom stereocenters. The Morgan fingerprint density at radius 2 is 1.88 bits per heavy atom. The summed E-state index contributed by atoms with van der Waals surface area (Å²) in [4.78, 5) is 35.5.